The van der Waals surface area contributed by atoms with Crippen molar-refractivity contribution in [3.05, 3.63) is 30.1 Å². The third-order valence-electron chi connectivity index (χ3n) is 4.92. The highest BCUT2D eigenvalue weighted by molar-refractivity contribution is 7.89. The van der Waals surface area contributed by atoms with Gasteiger partial charge in [0.1, 0.15) is 10.7 Å². The van der Waals surface area contributed by atoms with E-state index in [4.69, 9.17) is 0 Å². The Labute approximate surface area is 160 Å². The molecule has 0 bridgehead atoms. The third kappa shape index (κ3) is 4.73. The minimum absolute atomic E-state index is 0. The minimum Gasteiger partial charge on any atom is -0.352 e. The molecule has 2 heterocycles. The van der Waals surface area contributed by atoms with Crippen LogP contribution in [0.5, 0.6) is 0 Å². The number of halogens is 2. The van der Waals surface area contributed by atoms with Crippen molar-refractivity contribution in [2.45, 2.75) is 36.6 Å². The molecule has 1 aromatic carbocycles. The molecule has 0 saturated carbocycles. The van der Waals surface area contributed by atoms with Crippen molar-refractivity contribution < 1.29 is 17.6 Å². The zero-order valence-corrected chi connectivity index (χ0v) is 16.1. The fourth-order valence-electron chi connectivity index (χ4n) is 3.45. The number of amides is 1. The molecule has 0 spiro atoms. The molecule has 26 heavy (non-hydrogen) atoms. The molecule has 3 rings (SSSR count). The lowest BCUT2D eigenvalue weighted by atomic mass is 9.96. The van der Waals surface area contributed by atoms with Crippen molar-refractivity contribution in [1.29, 1.82) is 0 Å². The van der Waals surface area contributed by atoms with Gasteiger partial charge in [-0.1, -0.05) is 12.1 Å². The normalized spacial score (nSPS) is 22.4. The van der Waals surface area contributed by atoms with Crippen molar-refractivity contribution in [1.82, 2.24) is 14.9 Å². The van der Waals surface area contributed by atoms with Gasteiger partial charge in [0.05, 0.1) is 0 Å². The van der Waals surface area contributed by atoms with Crippen LogP contribution in [0.15, 0.2) is 29.2 Å². The molecule has 2 N–H and O–H groups in total. The molecule has 1 aromatic rings. The van der Waals surface area contributed by atoms with Gasteiger partial charge in [0.2, 0.25) is 15.9 Å². The van der Waals surface area contributed by atoms with Crippen LogP contribution in [0.1, 0.15) is 25.7 Å². The van der Waals surface area contributed by atoms with Crippen molar-refractivity contribution in [3.8, 4) is 0 Å². The van der Waals surface area contributed by atoms with Crippen LogP contribution in [-0.2, 0) is 14.8 Å². The summed E-state index contributed by atoms with van der Waals surface area (Å²) >= 11 is 0. The van der Waals surface area contributed by atoms with Gasteiger partial charge < -0.3 is 10.6 Å². The molecule has 0 aromatic heterocycles. The molecule has 2 aliphatic rings. The second-order valence-corrected chi connectivity index (χ2v) is 8.57. The molecular formula is C17H25ClFN3O3S. The summed E-state index contributed by atoms with van der Waals surface area (Å²) in [6.07, 6.45) is 2.93. The Balaban J connectivity index is 0.00000243. The van der Waals surface area contributed by atoms with Crippen molar-refractivity contribution >= 4 is 28.3 Å². The van der Waals surface area contributed by atoms with Crippen LogP contribution in [0, 0.1) is 11.7 Å². The second kappa shape index (κ2) is 9.12. The first-order chi connectivity index (χ1) is 12.0. The van der Waals surface area contributed by atoms with Gasteiger partial charge in [-0.3, -0.25) is 4.79 Å². The van der Waals surface area contributed by atoms with Crippen LogP contribution in [0.4, 0.5) is 4.39 Å². The maximum absolute atomic E-state index is 13.8. The lowest BCUT2D eigenvalue weighted by Crippen LogP contribution is -2.49. The van der Waals surface area contributed by atoms with E-state index in [1.165, 1.54) is 22.5 Å². The number of rotatable bonds is 4. The van der Waals surface area contributed by atoms with Gasteiger partial charge >= 0.3 is 0 Å². The maximum Gasteiger partial charge on any atom is 0.245 e. The Morgan fingerprint density at radius 3 is 2.50 bits per heavy atom. The average Bonchev–Trinajstić information content (AvgIpc) is 2.63. The van der Waals surface area contributed by atoms with Crippen LogP contribution in [0.2, 0.25) is 0 Å². The largest absolute Gasteiger partial charge is 0.352 e. The summed E-state index contributed by atoms with van der Waals surface area (Å²) < 4.78 is 40.3. The highest BCUT2D eigenvalue weighted by Crippen LogP contribution is 2.25. The molecule has 2 fully saturated rings. The Morgan fingerprint density at radius 1 is 1.19 bits per heavy atom. The Bertz CT molecular complexity index is 718. The number of carbonyl (C=O) groups is 1. The molecule has 9 heteroatoms. The van der Waals surface area contributed by atoms with E-state index in [-0.39, 0.29) is 48.3 Å². The molecule has 1 atom stereocenters. The molecular weight excluding hydrogens is 381 g/mol. The second-order valence-electron chi connectivity index (χ2n) is 6.66. The monoisotopic (exact) mass is 405 g/mol. The van der Waals surface area contributed by atoms with Crippen LogP contribution >= 0.6 is 12.4 Å². The smallest absolute Gasteiger partial charge is 0.245 e. The van der Waals surface area contributed by atoms with Crippen LogP contribution < -0.4 is 10.6 Å². The first kappa shape index (κ1) is 21.1. The van der Waals surface area contributed by atoms with Gasteiger partial charge in [0.15, 0.2) is 0 Å². The number of hydrogen-bond acceptors (Lipinski definition) is 4. The van der Waals surface area contributed by atoms with E-state index in [0.29, 0.717) is 12.8 Å². The zero-order valence-electron chi connectivity index (χ0n) is 14.5. The van der Waals surface area contributed by atoms with E-state index in [1.54, 1.807) is 0 Å². The fourth-order valence-corrected chi connectivity index (χ4v) is 4.98. The van der Waals surface area contributed by atoms with Crippen molar-refractivity contribution in [3.63, 3.8) is 0 Å². The standard InChI is InChI=1S/C17H24FN3O3S.ClH/c18-15-5-1-2-6-16(15)25(23,24)21-10-7-13(8-11-21)17(22)20-14-4-3-9-19-12-14;/h1-2,5-6,13-14,19H,3-4,7-12H2,(H,20,22);1H. The Hall–Kier alpha value is -1.22. The molecule has 146 valence electrons. The van der Waals surface area contributed by atoms with E-state index >= 15 is 0 Å². The first-order valence-electron chi connectivity index (χ1n) is 8.74. The summed E-state index contributed by atoms with van der Waals surface area (Å²) in [6.45, 7) is 2.24. The summed E-state index contributed by atoms with van der Waals surface area (Å²) in [6, 6.07) is 5.55. The van der Waals surface area contributed by atoms with Crippen molar-refractivity contribution in [2.75, 3.05) is 26.2 Å². The zero-order chi connectivity index (χ0) is 17.9. The van der Waals surface area contributed by atoms with Gasteiger partial charge in [-0.25, -0.2) is 12.8 Å². The average molecular weight is 406 g/mol. The SMILES string of the molecule is Cl.O=C(NC1CCCNC1)C1CCN(S(=O)(=O)c2ccccc2F)CC1. The van der Waals surface area contributed by atoms with Gasteiger partial charge in [-0.2, -0.15) is 4.31 Å². The number of nitrogens with zero attached hydrogens (tertiary/aromatic N) is 1. The summed E-state index contributed by atoms with van der Waals surface area (Å²) in [7, 11) is -3.85. The topological polar surface area (TPSA) is 78.5 Å². The molecule has 1 unspecified atom stereocenters. The van der Waals surface area contributed by atoms with Gasteiger partial charge in [0.25, 0.3) is 0 Å². The number of benzene rings is 1. The summed E-state index contributed by atoms with van der Waals surface area (Å²) in [5.74, 6) is -0.933. The number of piperidine rings is 2. The van der Waals surface area contributed by atoms with Crippen LogP contribution in [-0.4, -0.2) is 50.9 Å². The molecule has 0 aliphatic carbocycles. The molecule has 1 amide bonds. The highest BCUT2D eigenvalue weighted by Gasteiger charge is 2.33. The van der Waals surface area contributed by atoms with Crippen LogP contribution in [0.25, 0.3) is 0 Å². The number of hydrogen-bond donors (Lipinski definition) is 2. The predicted molar refractivity (Wildman–Crippen MR) is 99.2 cm³/mol. The fraction of sp³-hybridized carbons (Fsp3) is 0.588. The van der Waals surface area contributed by atoms with E-state index in [0.717, 1.165) is 32.0 Å². The molecule has 2 saturated heterocycles. The Kier molecular flexibility index (Phi) is 7.40. The first-order valence-corrected chi connectivity index (χ1v) is 10.2. The van der Waals surface area contributed by atoms with Gasteiger partial charge in [0, 0.05) is 31.6 Å². The van der Waals surface area contributed by atoms with Gasteiger partial charge in [-0.05, 0) is 44.4 Å². The number of nitrogens with one attached hydrogen (secondary N) is 2. The minimum atomic E-state index is -3.85. The molecule has 0 radical (unpaired) electrons. The number of sulfonamides is 1. The van der Waals surface area contributed by atoms with Crippen LogP contribution in [0.3, 0.4) is 0 Å². The molecule has 6 nitrogen and oxygen atoms in total. The summed E-state index contributed by atoms with van der Waals surface area (Å²) in [4.78, 5) is 12.1. The number of carbonyl (C=O) groups excluding carboxylic acids is 1. The third-order valence-corrected chi connectivity index (χ3v) is 6.85. The van der Waals surface area contributed by atoms with E-state index in [2.05, 4.69) is 10.6 Å². The lowest BCUT2D eigenvalue weighted by molar-refractivity contribution is -0.126. The maximum atomic E-state index is 13.8. The molecule has 2 aliphatic heterocycles. The summed E-state index contributed by atoms with van der Waals surface area (Å²) in [5, 5.41) is 6.31. The summed E-state index contributed by atoms with van der Waals surface area (Å²) in [5.41, 5.74) is 0. The van der Waals surface area contributed by atoms with E-state index < -0.39 is 15.8 Å². The Morgan fingerprint density at radius 2 is 1.88 bits per heavy atom. The van der Waals surface area contributed by atoms with Gasteiger partial charge in [-0.15, -0.1) is 12.4 Å². The van der Waals surface area contributed by atoms with E-state index in [1.807, 2.05) is 0 Å². The van der Waals surface area contributed by atoms with E-state index in [9.17, 15) is 17.6 Å². The van der Waals surface area contributed by atoms with Crippen molar-refractivity contribution in [2.24, 2.45) is 5.92 Å². The highest BCUT2D eigenvalue weighted by atomic mass is 35.5. The quantitative estimate of drug-likeness (QED) is 0.796. The predicted octanol–water partition coefficient (Wildman–Crippen LogP) is 1.52. The lowest BCUT2D eigenvalue weighted by Gasteiger charge is -2.32.